The molecule has 0 saturated heterocycles. The van der Waals surface area contributed by atoms with Gasteiger partial charge in [-0.2, -0.15) is 0 Å². The zero-order valence-corrected chi connectivity index (χ0v) is 12.2. The van der Waals surface area contributed by atoms with Crippen LogP contribution in [0.1, 0.15) is 29.7 Å². The summed E-state index contributed by atoms with van der Waals surface area (Å²) in [4.78, 5) is 0. The van der Waals surface area contributed by atoms with E-state index in [2.05, 4.69) is 40.4 Å². The molecular weight excluding hydrogens is 307 g/mol. The van der Waals surface area contributed by atoms with Crippen molar-refractivity contribution in [1.82, 2.24) is 5.43 Å². The van der Waals surface area contributed by atoms with Gasteiger partial charge in [0.1, 0.15) is 5.82 Å². The van der Waals surface area contributed by atoms with Gasteiger partial charge in [0.2, 0.25) is 0 Å². The summed E-state index contributed by atoms with van der Waals surface area (Å²) in [6.07, 6.45) is 0.968. The molecule has 0 fully saturated rings. The van der Waals surface area contributed by atoms with Crippen molar-refractivity contribution in [1.29, 1.82) is 0 Å². The highest BCUT2D eigenvalue weighted by atomic mass is 79.9. The summed E-state index contributed by atoms with van der Waals surface area (Å²) < 4.78 is 13.9. The number of aryl methyl sites for hydroxylation is 1. The molecule has 2 nitrogen and oxygen atoms in total. The predicted molar refractivity (Wildman–Crippen MR) is 79.1 cm³/mol. The van der Waals surface area contributed by atoms with Crippen LogP contribution in [0, 0.1) is 5.82 Å². The molecule has 0 spiro atoms. The van der Waals surface area contributed by atoms with E-state index in [1.54, 1.807) is 6.07 Å². The van der Waals surface area contributed by atoms with Crippen molar-refractivity contribution in [2.24, 2.45) is 5.84 Å². The van der Waals surface area contributed by atoms with Gasteiger partial charge in [-0.3, -0.25) is 5.84 Å². The monoisotopic (exact) mass is 322 g/mol. The first-order valence-corrected chi connectivity index (χ1v) is 6.95. The van der Waals surface area contributed by atoms with Gasteiger partial charge >= 0.3 is 0 Å². The highest BCUT2D eigenvalue weighted by molar-refractivity contribution is 9.10. The molecule has 0 aromatic heterocycles. The third-order valence-corrected chi connectivity index (χ3v) is 3.82. The van der Waals surface area contributed by atoms with Crippen molar-refractivity contribution in [3.05, 3.63) is 69.4 Å². The van der Waals surface area contributed by atoms with Crippen LogP contribution in [0.4, 0.5) is 4.39 Å². The van der Waals surface area contributed by atoms with Crippen LogP contribution in [-0.2, 0) is 6.42 Å². The van der Waals surface area contributed by atoms with Gasteiger partial charge in [0.05, 0.1) is 6.04 Å². The number of halogens is 2. The van der Waals surface area contributed by atoms with Crippen molar-refractivity contribution in [3.63, 3.8) is 0 Å². The molecule has 0 bridgehead atoms. The Bertz CT molecular complexity index is 572. The maximum absolute atomic E-state index is 13.2. The summed E-state index contributed by atoms with van der Waals surface area (Å²) in [5.74, 6) is 5.40. The van der Waals surface area contributed by atoms with Crippen LogP contribution in [-0.4, -0.2) is 0 Å². The zero-order chi connectivity index (χ0) is 13.8. The van der Waals surface area contributed by atoms with Gasteiger partial charge < -0.3 is 0 Å². The molecule has 0 saturated carbocycles. The number of hydrogen-bond donors (Lipinski definition) is 2. The summed E-state index contributed by atoms with van der Waals surface area (Å²) in [6, 6.07) is 12.7. The van der Waals surface area contributed by atoms with Crippen molar-refractivity contribution in [3.8, 4) is 0 Å². The van der Waals surface area contributed by atoms with E-state index in [0.29, 0.717) is 4.47 Å². The van der Waals surface area contributed by atoms with E-state index < -0.39 is 0 Å². The summed E-state index contributed by atoms with van der Waals surface area (Å²) >= 11 is 3.39. The van der Waals surface area contributed by atoms with Crippen molar-refractivity contribution in [2.45, 2.75) is 19.4 Å². The SMILES string of the molecule is CCc1cccc(C(NN)c2ccc(F)cc2Br)c1. The summed E-state index contributed by atoms with van der Waals surface area (Å²) in [5, 5.41) is 0. The lowest BCUT2D eigenvalue weighted by Crippen LogP contribution is -2.29. The number of hydrazine groups is 1. The fourth-order valence-corrected chi connectivity index (χ4v) is 2.67. The molecule has 0 amide bonds. The molecule has 100 valence electrons. The lowest BCUT2D eigenvalue weighted by molar-refractivity contribution is 0.612. The number of nitrogens with two attached hydrogens (primary N) is 1. The Balaban J connectivity index is 2.43. The minimum absolute atomic E-state index is 0.165. The summed E-state index contributed by atoms with van der Waals surface area (Å²) in [6.45, 7) is 2.11. The second-order valence-corrected chi connectivity index (χ2v) is 5.22. The molecule has 4 heteroatoms. The van der Waals surface area contributed by atoms with E-state index in [1.807, 2.05) is 12.1 Å². The van der Waals surface area contributed by atoms with E-state index in [0.717, 1.165) is 17.5 Å². The van der Waals surface area contributed by atoms with Crippen LogP contribution in [0.2, 0.25) is 0 Å². The molecule has 0 aliphatic heterocycles. The molecular formula is C15H16BrFN2. The van der Waals surface area contributed by atoms with Gasteiger partial charge in [-0.05, 0) is 35.2 Å². The second-order valence-electron chi connectivity index (χ2n) is 4.36. The molecule has 1 unspecified atom stereocenters. The van der Waals surface area contributed by atoms with Gasteiger partial charge in [-0.1, -0.05) is 53.2 Å². The first-order chi connectivity index (χ1) is 9.15. The van der Waals surface area contributed by atoms with Gasteiger partial charge in [0.15, 0.2) is 0 Å². The van der Waals surface area contributed by atoms with E-state index in [1.165, 1.54) is 17.7 Å². The van der Waals surface area contributed by atoms with Crippen LogP contribution < -0.4 is 11.3 Å². The third kappa shape index (κ3) is 3.21. The van der Waals surface area contributed by atoms with E-state index in [4.69, 9.17) is 5.84 Å². The van der Waals surface area contributed by atoms with E-state index in [-0.39, 0.29) is 11.9 Å². The largest absolute Gasteiger partial charge is 0.271 e. The van der Waals surface area contributed by atoms with Crippen LogP contribution in [0.5, 0.6) is 0 Å². The quantitative estimate of drug-likeness (QED) is 0.665. The fourth-order valence-electron chi connectivity index (χ4n) is 2.09. The topological polar surface area (TPSA) is 38.0 Å². The minimum atomic E-state index is -0.270. The number of rotatable bonds is 4. The third-order valence-electron chi connectivity index (χ3n) is 3.13. The summed E-state index contributed by atoms with van der Waals surface area (Å²) in [5.41, 5.74) is 6.02. The van der Waals surface area contributed by atoms with Gasteiger partial charge in [-0.15, -0.1) is 0 Å². The van der Waals surface area contributed by atoms with Crippen LogP contribution in [0.15, 0.2) is 46.9 Å². The molecule has 0 heterocycles. The molecule has 0 aliphatic carbocycles. The average Bonchev–Trinajstić information content (AvgIpc) is 2.42. The molecule has 0 radical (unpaired) electrons. The lowest BCUT2D eigenvalue weighted by atomic mass is 9.97. The van der Waals surface area contributed by atoms with Crippen molar-refractivity contribution < 1.29 is 4.39 Å². The zero-order valence-electron chi connectivity index (χ0n) is 10.7. The Hall–Kier alpha value is -1.23. The van der Waals surface area contributed by atoms with Crippen LogP contribution in [0.25, 0.3) is 0 Å². The van der Waals surface area contributed by atoms with Gasteiger partial charge in [0, 0.05) is 4.47 Å². The minimum Gasteiger partial charge on any atom is -0.271 e. The fraction of sp³-hybridized carbons (Fsp3) is 0.200. The highest BCUT2D eigenvalue weighted by Crippen LogP contribution is 2.29. The number of nitrogens with one attached hydrogen (secondary N) is 1. The number of benzene rings is 2. The molecule has 2 rings (SSSR count). The van der Waals surface area contributed by atoms with E-state index >= 15 is 0 Å². The van der Waals surface area contributed by atoms with Crippen molar-refractivity contribution in [2.75, 3.05) is 0 Å². The molecule has 19 heavy (non-hydrogen) atoms. The molecule has 1 atom stereocenters. The molecule has 3 N–H and O–H groups in total. The predicted octanol–water partition coefficient (Wildman–Crippen LogP) is 3.70. The van der Waals surface area contributed by atoms with Gasteiger partial charge in [0.25, 0.3) is 0 Å². The van der Waals surface area contributed by atoms with Crippen LogP contribution in [0.3, 0.4) is 0 Å². The lowest BCUT2D eigenvalue weighted by Gasteiger charge is -2.19. The normalized spacial score (nSPS) is 12.4. The first-order valence-electron chi connectivity index (χ1n) is 6.15. The van der Waals surface area contributed by atoms with E-state index in [9.17, 15) is 4.39 Å². The molecule has 0 aliphatic rings. The maximum Gasteiger partial charge on any atom is 0.124 e. The smallest absolute Gasteiger partial charge is 0.124 e. The standard InChI is InChI=1S/C15H16BrFN2/c1-2-10-4-3-5-11(8-10)15(19-18)13-7-6-12(17)9-14(13)16/h3-9,15,19H,2,18H2,1H3. The molecule has 2 aromatic rings. The number of hydrogen-bond acceptors (Lipinski definition) is 2. The average molecular weight is 323 g/mol. The first kappa shape index (κ1) is 14.2. The maximum atomic E-state index is 13.2. The highest BCUT2D eigenvalue weighted by Gasteiger charge is 2.16. The van der Waals surface area contributed by atoms with Gasteiger partial charge in [-0.25, -0.2) is 9.82 Å². The second kappa shape index (κ2) is 6.28. The van der Waals surface area contributed by atoms with Crippen LogP contribution >= 0.6 is 15.9 Å². The summed E-state index contributed by atoms with van der Waals surface area (Å²) in [7, 11) is 0. The van der Waals surface area contributed by atoms with Crippen molar-refractivity contribution >= 4 is 15.9 Å². The Morgan fingerprint density at radius 1 is 1.26 bits per heavy atom. The Morgan fingerprint density at radius 3 is 2.68 bits per heavy atom. The molecule has 2 aromatic carbocycles. The Labute approximate surface area is 120 Å². The Kier molecular flexibility index (Phi) is 4.69. The Morgan fingerprint density at radius 2 is 2.05 bits per heavy atom.